The SMILES string of the molecule is COc1ccc(/C=C(/C#N)c2nc(-c3cccs3)cs2)cc1OC. The number of methoxy groups -OCH3 is 2. The van der Waals surface area contributed by atoms with Gasteiger partial charge in [-0.2, -0.15) is 5.26 Å². The van der Waals surface area contributed by atoms with Crippen molar-refractivity contribution in [2.75, 3.05) is 14.2 Å². The van der Waals surface area contributed by atoms with E-state index in [1.54, 1.807) is 31.6 Å². The highest BCUT2D eigenvalue weighted by Crippen LogP contribution is 2.32. The van der Waals surface area contributed by atoms with E-state index in [4.69, 9.17) is 9.47 Å². The maximum absolute atomic E-state index is 9.50. The molecule has 0 fully saturated rings. The van der Waals surface area contributed by atoms with Gasteiger partial charge in [-0.3, -0.25) is 0 Å². The third kappa shape index (κ3) is 3.32. The predicted molar refractivity (Wildman–Crippen MR) is 98.5 cm³/mol. The van der Waals surface area contributed by atoms with Crippen molar-refractivity contribution in [3.8, 4) is 28.1 Å². The van der Waals surface area contributed by atoms with Crippen LogP contribution in [0.4, 0.5) is 0 Å². The largest absolute Gasteiger partial charge is 0.493 e. The summed E-state index contributed by atoms with van der Waals surface area (Å²) < 4.78 is 10.5. The van der Waals surface area contributed by atoms with E-state index >= 15 is 0 Å². The van der Waals surface area contributed by atoms with Crippen LogP contribution in [0.5, 0.6) is 11.5 Å². The zero-order valence-corrected chi connectivity index (χ0v) is 14.8. The summed E-state index contributed by atoms with van der Waals surface area (Å²) in [5.41, 5.74) is 2.28. The second kappa shape index (κ2) is 7.30. The van der Waals surface area contributed by atoms with Crippen LogP contribution in [0.1, 0.15) is 10.6 Å². The third-order valence-electron chi connectivity index (χ3n) is 3.35. The monoisotopic (exact) mass is 354 g/mol. The van der Waals surface area contributed by atoms with E-state index in [1.165, 1.54) is 11.3 Å². The highest BCUT2D eigenvalue weighted by atomic mass is 32.1. The Kier molecular flexibility index (Phi) is 4.94. The summed E-state index contributed by atoms with van der Waals surface area (Å²) >= 11 is 3.10. The maximum atomic E-state index is 9.50. The van der Waals surface area contributed by atoms with Gasteiger partial charge < -0.3 is 9.47 Å². The first-order valence-electron chi connectivity index (χ1n) is 7.08. The Morgan fingerprint density at radius 3 is 2.67 bits per heavy atom. The van der Waals surface area contributed by atoms with Crippen LogP contribution in [-0.4, -0.2) is 19.2 Å². The molecule has 120 valence electrons. The van der Waals surface area contributed by atoms with Crippen LogP contribution in [0.15, 0.2) is 41.1 Å². The summed E-state index contributed by atoms with van der Waals surface area (Å²) in [6.45, 7) is 0. The Morgan fingerprint density at radius 2 is 2.00 bits per heavy atom. The number of allylic oxidation sites excluding steroid dienone is 1. The fourth-order valence-electron chi connectivity index (χ4n) is 2.19. The molecule has 0 saturated heterocycles. The normalized spacial score (nSPS) is 11.1. The van der Waals surface area contributed by atoms with E-state index < -0.39 is 0 Å². The van der Waals surface area contributed by atoms with E-state index in [0.29, 0.717) is 22.1 Å². The van der Waals surface area contributed by atoms with Gasteiger partial charge in [-0.1, -0.05) is 12.1 Å². The molecule has 2 aromatic heterocycles. The Morgan fingerprint density at radius 1 is 1.17 bits per heavy atom. The van der Waals surface area contributed by atoms with Crippen LogP contribution in [0, 0.1) is 11.3 Å². The van der Waals surface area contributed by atoms with Crippen molar-refractivity contribution in [2.24, 2.45) is 0 Å². The number of hydrogen-bond donors (Lipinski definition) is 0. The number of thiophene rings is 1. The summed E-state index contributed by atoms with van der Waals surface area (Å²) in [6, 6.07) is 11.8. The Bertz CT molecular complexity index is 905. The molecule has 0 saturated carbocycles. The van der Waals surface area contributed by atoms with Crippen LogP contribution in [0.25, 0.3) is 22.2 Å². The van der Waals surface area contributed by atoms with Crippen LogP contribution < -0.4 is 9.47 Å². The van der Waals surface area contributed by atoms with Gasteiger partial charge in [0.25, 0.3) is 0 Å². The first-order valence-corrected chi connectivity index (χ1v) is 8.84. The van der Waals surface area contributed by atoms with Gasteiger partial charge in [0.15, 0.2) is 11.5 Å². The van der Waals surface area contributed by atoms with Crippen molar-refractivity contribution >= 4 is 34.3 Å². The molecule has 0 radical (unpaired) electrons. The molecular formula is C18H14N2O2S2. The van der Waals surface area contributed by atoms with Crippen molar-refractivity contribution in [1.82, 2.24) is 4.98 Å². The summed E-state index contributed by atoms with van der Waals surface area (Å²) in [5.74, 6) is 1.28. The van der Waals surface area contributed by atoms with E-state index in [1.807, 2.05) is 41.1 Å². The molecule has 0 unspecified atom stereocenters. The molecule has 3 rings (SSSR count). The smallest absolute Gasteiger partial charge is 0.161 e. The zero-order chi connectivity index (χ0) is 16.9. The number of thiazole rings is 1. The van der Waals surface area contributed by atoms with Crippen molar-refractivity contribution < 1.29 is 9.47 Å². The van der Waals surface area contributed by atoms with Crippen LogP contribution >= 0.6 is 22.7 Å². The highest BCUT2D eigenvalue weighted by Gasteiger charge is 2.10. The molecule has 3 aromatic rings. The van der Waals surface area contributed by atoms with Crippen molar-refractivity contribution in [2.45, 2.75) is 0 Å². The van der Waals surface area contributed by atoms with E-state index in [2.05, 4.69) is 11.1 Å². The molecule has 0 aliphatic heterocycles. The molecule has 0 N–H and O–H groups in total. The van der Waals surface area contributed by atoms with E-state index in [-0.39, 0.29) is 0 Å². The standard InChI is InChI=1S/C18H14N2O2S2/c1-21-15-6-5-12(9-16(15)22-2)8-13(10-19)18-20-14(11-24-18)17-4-3-7-23-17/h3-9,11H,1-2H3/b13-8-. The van der Waals surface area contributed by atoms with Gasteiger partial charge in [0, 0.05) is 5.38 Å². The summed E-state index contributed by atoms with van der Waals surface area (Å²) in [5, 5.41) is 14.2. The molecule has 0 amide bonds. The fraction of sp³-hybridized carbons (Fsp3) is 0.111. The average Bonchev–Trinajstić information content (AvgIpc) is 3.30. The Hall–Kier alpha value is -2.62. The minimum absolute atomic E-state index is 0.523. The van der Waals surface area contributed by atoms with Gasteiger partial charge in [0.05, 0.1) is 30.4 Å². The molecule has 0 aliphatic rings. The third-order valence-corrected chi connectivity index (χ3v) is 5.12. The van der Waals surface area contributed by atoms with Gasteiger partial charge in [-0.25, -0.2) is 4.98 Å². The predicted octanol–water partition coefficient (Wildman–Crippen LogP) is 4.95. The molecule has 1 aromatic carbocycles. The minimum atomic E-state index is 0.523. The number of hydrogen-bond acceptors (Lipinski definition) is 6. The summed E-state index contributed by atoms with van der Waals surface area (Å²) in [7, 11) is 3.18. The summed E-state index contributed by atoms with van der Waals surface area (Å²) in [4.78, 5) is 5.68. The molecule has 2 heterocycles. The first-order chi connectivity index (χ1) is 11.7. The average molecular weight is 354 g/mol. The lowest BCUT2D eigenvalue weighted by Gasteiger charge is -2.07. The van der Waals surface area contributed by atoms with Gasteiger partial charge in [0.2, 0.25) is 0 Å². The van der Waals surface area contributed by atoms with Crippen LogP contribution in [0.2, 0.25) is 0 Å². The number of benzene rings is 1. The lowest BCUT2D eigenvalue weighted by molar-refractivity contribution is 0.355. The Balaban J connectivity index is 1.94. The lowest BCUT2D eigenvalue weighted by atomic mass is 10.1. The van der Waals surface area contributed by atoms with Gasteiger partial charge in [0.1, 0.15) is 11.1 Å². The van der Waals surface area contributed by atoms with E-state index in [0.717, 1.165) is 16.1 Å². The molecule has 24 heavy (non-hydrogen) atoms. The number of aromatic nitrogens is 1. The van der Waals surface area contributed by atoms with Crippen molar-refractivity contribution in [3.05, 3.63) is 51.7 Å². The minimum Gasteiger partial charge on any atom is -0.493 e. The number of ether oxygens (including phenoxy) is 2. The molecule has 6 heteroatoms. The molecule has 4 nitrogen and oxygen atoms in total. The van der Waals surface area contributed by atoms with Crippen molar-refractivity contribution in [1.29, 1.82) is 5.26 Å². The topological polar surface area (TPSA) is 55.1 Å². The Labute approximate surface area is 148 Å². The molecule has 0 atom stereocenters. The van der Waals surface area contributed by atoms with Gasteiger partial charge in [-0.15, -0.1) is 22.7 Å². The van der Waals surface area contributed by atoms with E-state index in [9.17, 15) is 5.26 Å². The number of nitrogens with zero attached hydrogens (tertiary/aromatic N) is 2. The molecule has 0 bridgehead atoms. The number of rotatable bonds is 5. The van der Waals surface area contributed by atoms with Gasteiger partial charge >= 0.3 is 0 Å². The van der Waals surface area contributed by atoms with Crippen molar-refractivity contribution in [3.63, 3.8) is 0 Å². The molecule has 0 spiro atoms. The second-order valence-corrected chi connectivity index (χ2v) is 6.61. The zero-order valence-electron chi connectivity index (χ0n) is 13.1. The number of nitriles is 1. The highest BCUT2D eigenvalue weighted by molar-refractivity contribution is 7.14. The first kappa shape index (κ1) is 16.2. The van der Waals surface area contributed by atoms with Crippen LogP contribution in [-0.2, 0) is 0 Å². The maximum Gasteiger partial charge on any atom is 0.161 e. The summed E-state index contributed by atoms with van der Waals surface area (Å²) in [6.07, 6.45) is 1.80. The molecule has 0 aliphatic carbocycles. The molecular weight excluding hydrogens is 340 g/mol. The van der Waals surface area contributed by atoms with Gasteiger partial charge in [-0.05, 0) is 35.2 Å². The quantitative estimate of drug-likeness (QED) is 0.608. The fourth-order valence-corrected chi connectivity index (χ4v) is 3.73. The second-order valence-electron chi connectivity index (χ2n) is 4.80. The lowest BCUT2D eigenvalue weighted by Crippen LogP contribution is -1.90. The van der Waals surface area contributed by atoms with Crippen LogP contribution in [0.3, 0.4) is 0 Å².